The average molecular weight is 461 g/mol. The van der Waals surface area contributed by atoms with Crippen LogP contribution in [-0.4, -0.2) is 51.1 Å². The molecule has 174 valence electrons. The first-order valence-corrected chi connectivity index (χ1v) is 12.5. The maximum atomic E-state index is 12.5. The zero-order valence-corrected chi connectivity index (χ0v) is 19.4. The van der Waals surface area contributed by atoms with Gasteiger partial charge in [-0.25, -0.2) is 4.79 Å². The highest BCUT2D eigenvalue weighted by Gasteiger charge is 2.49. The fraction of sp³-hybridized carbons (Fsp3) is 0.625. The largest absolute Gasteiger partial charge is 0.459 e. The van der Waals surface area contributed by atoms with Crippen molar-refractivity contribution in [2.75, 3.05) is 5.75 Å². The first-order valence-electron chi connectivity index (χ1n) is 11.5. The van der Waals surface area contributed by atoms with Crippen molar-refractivity contribution in [3.05, 3.63) is 41.2 Å². The minimum Gasteiger partial charge on any atom is -0.459 e. The number of aromatic nitrogens is 1. The molecule has 1 amide bonds. The summed E-state index contributed by atoms with van der Waals surface area (Å²) in [4.78, 5) is 28.6. The summed E-state index contributed by atoms with van der Waals surface area (Å²) in [5, 5.41) is 13.9. The molecule has 4 heterocycles. The van der Waals surface area contributed by atoms with Crippen molar-refractivity contribution < 1.29 is 24.2 Å². The van der Waals surface area contributed by atoms with E-state index >= 15 is 0 Å². The number of carbonyl (C=O) groups excluding carboxylic acids is 2. The number of nitrogens with zero attached hydrogens (tertiary/aromatic N) is 1. The molecule has 2 saturated heterocycles. The summed E-state index contributed by atoms with van der Waals surface area (Å²) in [6.07, 6.45) is 11.8. The van der Waals surface area contributed by atoms with Crippen molar-refractivity contribution in [3.8, 4) is 0 Å². The highest BCUT2D eigenvalue weighted by molar-refractivity contribution is 8.14. The molecule has 3 aliphatic heterocycles. The van der Waals surface area contributed by atoms with Crippen molar-refractivity contribution >= 4 is 23.0 Å². The molecule has 8 heteroatoms. The topological polar surface area (TPSA) is 97.8 Å². The van der Waals surface area contributed by atoms with Crippen molar-refractivity contribution in [3.63, 3.8) is 0 Å². The Morgan fingerprint density at radius 1 is 1.16 bits per heavy atom. The number of allylic oxidation sites excluding steroid dienone is 1. The van der Waals surface area contributed by atoms with Crippen LogP contribution in [0.15, 0.2) is 30.1 Å². The van der Waals surface area contributed by atoms with Crippen molar-refractivity contribution in [2.24, 2.45) is 0 Å². The van der Waals surface area contributed by atoms with Gasteiger partial charge in [-0.2, -0.15) is 0 Å². The second-order valence-corrected chi connectivity index (χ2v) is 10.1. The van der Waals surface area contributed by atoms with Crippen molar-refractivity contribution in [2.45, 2.75) is 88.7 Å². The van der Waals surface area contributed by atoms with Gasteiger partial charge in [0, 0.05) is 37.1 Å². The Kier molecular flexibility index (Phi) is 7.53. The standard InChI is InChI=1S/C24H32N2O5S/c1-16-5-2-3-6-18-14-25-10-9-17(18)7-4-8-19-12-20(30-22(27)11-16)13-24(29,31-19)21-15-32-23(28)26-21/h9-11,14,19-21,29H,2-8,12-13,15H2,1H3,(H,26,28)/b16-11-/t19-,20-,21+,24-/m1/s1. The molecule has 0 aliphatic carbocycles. The molecule has 0 unspecified atom stereocenters. The van der Waals surface area contributed by atoms with Gasteiger partial charge in [0.25, 0.3) is 5.24 Å². The molecule has 3 aliphatic rings. The molecule has 0 radical (unpaired) electrons. The molecule has 2 bridgehead atoms. The lowest BCUT2D eigenvalue weighted by Gasteiger charge is -2.43. The molecule has 4 rings (SSSR count). The highest BCUT2D eigenvalue weighted by Crippen LogP contribution is 2.36. The third-order valence-electron chi connectivity index (χ3n) is 6.53. The number of fused-ring (bicyclic) bond motifs is 3. The van der Waals surface area contributed by atoms with Crippen LogP contribution in [0.3, 0.4) is 0 Å². The van der Waals surface area contributed by atoms with Crippen LogP contribution in [0.1, 0.15) is 63.0 Å². The molecule has 0 spiro atoms. The molecule has 7 nitrogen and oxygen atoms in total. The van der Waals surface area contributed by atoms with E-state index in [1.54, 1.807) is 6.08 Å². The molecule has 4 atom stereocenters. The van der Waals surface area contributed by atoms with Crippen LogP contribution in [0.4, 0.5) is 4.79 Å². The molecule has 32 heavy (non-hydrogen) atoms. The lowest BCUT2D eigenvalue weighted by atomic mass is 9.90. The molecule has 2 N–H and O–H groups in total. The molecule has 0 aromatic carbocycles. The van der Waals surface area contributed by atoms with E-state index in [2.05, 4.69) is 16.4 Å². The maximum Gasteiger partial charge on any atom is 0.330 e. The van der Waals surface area contributed by atoms with Crippen LogP contribution < -0.4 is 5.32 Å². The van der Waals surface area contributed by atoms with Gasteiger partial charge in [-0.1, -0.05) is 17.3 Å². The van der Waals surface area contributed by atoms with Crippen LogP contribution in [0.2, 0.25) is 0 Å². The van der Waals surface area contributed by atoms with Gasteiger partial charge in [-0.15, -0.1) is 0 Å². The zero-order chi connectivity index (χ0) is 22.6. The normalized spacial score (nSPS) is 34.1. The SMILES string of the molecule is C/C1=C/C(=O)O[C@@H]2C[C@@H](CCCc3ccncc3CCCC1)O[C@@](O)([C@@H]1CSC(=O)N1)C2. The summed E-state index contributed by atoms with van der Waals surface area (Å²) in [7, 11) is 0. The summed E-state index contributed by atoms with van der Waals surface area (Å²) in [5.41, 5.74) is 3.59. The third kappa shape index (κ3) is 5.91. The Balaban J connectivity index is 1.54. The second-order valence-electron chi connectivity index (χ2n) is 9.11. The van der Waals surface area contributed by atoms with E-state index in [1.165, 1.54) is 11.1 Å². The second kappa shape index (κ2) is 10.4. The predicted molar refractivity (Wildman–Crippen MR) is 122 cm³/mol. The number of thioether (sulfide) groups is 1. The number of aliphatic hydroxyl groups is 1. The van der Waals surface area contributed by atoms with Gasteiger partial charge < -0.3 is 19.9 Å². The number of esters is 1. The van der Waals surface area contributed by atoms with Crippen LogP contribution >= 0.6 is 11.8 Å². The third-order valence-corrected chi connectivity index (χ3v) is 7.41. The number of rotatable bonds is 1. The number of ether oxygens (including phenoxy) is 2. The zero-order valence-electron chi connectivity index (χ0n) is 18.5. The van der Waals surface area contributed by atoms with E-state index in [0.717, 1.165) is 62.3 Å². The van der Waals surface area contributed by atoms with E-state index in [1.807, 2.05) is 19.3 Å². The number of nitrogens with one attached hydrogen (secondary N) is 1. The molecule has 1 aromatic heterocycles. The molecular formula is C24H32N2O5S. The van der Waals surface area contributed by atoms with Crippen molar-refractivity contribution in [1.82, 2.24) is 10.3 Å². The van der Waals surface area contributed by atoms with Gasteiger partial charge in [-0.3, -0.25) is 9.78 Å². The first kappa shape index (κ1) is 23.3. The summed E-state index contributed by atoms with van der Waals surface area (Å²) in [6.45, 7) is 1.95. The number of amides is 1. The fourth-order valence-corrected chi connectivity index (χ4v) is 5.73. The fourth-order valence-electron chi connectivity index (χ4n) is 4.84. The monoisotopic (exact) mass is 460 g/mol. The van der Waals surface area contributed by atoms with Gasteiger partial charge in [-0.05, 0) is 69.1 Å². The van der Waals surface area contributed by atoms with Crippen LogP contribution in [0.5, 0.6) is 0 Å². The van der Waals surface area contributed by atoms with Gasteiger partial charge in [0.15, 0.2) is 5.79 Å². The quantitative estimate of drug-likeness (QED) is 0.617. The molecular weight excluding hydrogens is 428 g/mol. The van der Waals surface area contributed by atoms with E-state index < -0.39 is 17.9 Å². The molecule has 0 saturated carbocycles. The summed E-state index contributed by atoms with van der Waals surface area (Å²) < 4.78 is 11.9. The lowest BCUT2D eigenvalue weighted by Crippen LogP contribution is -2.58. The van der Waals surface area contributed by atoms with Gasteiger partial charge in [0.1, 0.15) is 6.10 Å². The first-order chi connectivity index (χ1) is 15.4. The average Bonchev–Trinajstić information content (AvgIpc) is 3.18. The summed E-state index contributed by atoms with van der Waals surface area (Å²) >= 11 is 1.14. The van der Waals surface area contributed by atoms with E-state index in [4.69, 9.17) is 9.47 Å². The number of aryl methyl sites for hydroxylation is 2. The molecule has 1 aromatic rings. The lowest BCUT2D eigenvalue weighted by molar-refractivity contribution is -0.283. The Morgan fingerprint density at radius 2 is 1.97 bits per heavy atom. The van der Waals surface area contributed by atoms with Crippen LogP contribution in [-0.2, 0) is 27.1 Å². The van der Waals surface area contributed by atoms with E-state index in [-0.39, 0.29) is 23.7 Å². The summed E-state index contributed by atoms with van der Waals surface area (Å²) in [6, 6.07) is 1.58. The van der Waals surface area contributed by atoms with Crippen LogP contribution in [0.25, 0.3) is 0 Å². The van der Waals surface area contributed by atoms with Gasteiger partial charge in [0.2, 0.25) is 0 Å². The Morgan fingerprint density at radius 3 is 2.78 bits per heavy atom. The Hall–Kier alpha value is -1.90. The minimum absolute atomic E-state index is 0.155. The van der Waals surface area contributed by atoms with E-state index in [0.29, 0.717) is 12.2 Å². The van der Waals surface area contributed by atoms with Crippen molar-refractivity contribution in [1.29, 1.82) is 0 Å². The maximum absolute atomic E-state index is 12.5. The Bertz CT molecular complexity index is 876. The smallest absolute Gasteiger partial charge is 0.330 e. The minimum atomic E-state index is -1.54. The summed E-state index contributed by atoms with van der Waals surface area (Å²) in [5.74, 6) is -1.48. The number of hydrogen-bond acceptors (Lipinski definition) is 7. The number of pyridine rings is 1. The molecule has 2 fully saturated rings. The van der Waals surface area contributed by atoms with Crippen LogP contribution in [0, 0.1) is 0 Å². The predicted octanol–water partition coefficient (Wildman–Crippen LogP) is 3.68. The number of hydrogen-bond donors (Lipinski definition) is 2. The van der Waals surface area contributed by atoms with Gasteiger partial charge >= 0.3 is 5.97 Å². The van der Waals surface area contributed by atoms with Gasteiger partial charge in [0.05, 0.1) is 12.1 Å². The highest BCUT2D eigenvalue weighted by atomic mass is 32.2. The number of carbonyl (C=O) groups is 2. The Labute approximate surface area is 193 Å². The van der Waals surface area contributed by atoms with E-state index in [9.17, 15) is 14.7 Å².